The van der Waals surface area contributed by atoms with Crippen molar-refractivity contribution in [2.75, 3.05) is 7.11 Å². The van der Waals surface area contributed by atoms with Crippen LogP contribution in [-0.4, -0.2) is 21.5 Å². The molecule has 0 amide bonds. The van der Waals surface area contributed by atoms with E-state index in [0.717, 1.165) is 46.7 Å². The lowest BCUT2D eigenvalue weighted by atomic mass is 9.91. The summed E-state index contributed by atoms with van der Waals surface area (Å²) in [6, 6.07) is 17.9. The largest absolute Gasteiger partial charge is 0.497 e. The van der Waals surface area contributed by atoms with Crippen LogP contribution in [0.2, 0.25) is 0 Å². The Kier molecular flexibility index (Phi) is 6.82. The molecular weight excluding hydrogens is 462 g/mol. The standard InChI is InChI=1S/C31H31N3O3/c1-21-5-6-22-7-14-27(36-4)17-24(22)10-15-28(21)23-8-12-26(13-9-23)37-20-30-29(19-34(3)32-30)25-11-16-31(35)33(2)18-25/h7-19H,5-6,20H2,1-4H3/b15-10-,28-21-. The fourth-order valence-electron chi connectivity index (χ4n) is 4.72. The molecule has 37 heavy (non-hydrogen) atoms. The maximum atomic E-state index is 11.8. The lowest BCUT2D eigenvalue weighted by Gasteiger charge is -2.16. The normalized spacial score (nSPS) is 16.0. The van der Waals surface area contributed by atoms with E-state index < -0.39 is 0 Å². The van der Waals surface area contributed by atoms with Crippen LogP contribution in [-0.2, 0) is 27.1 Å². The summed E-state index contributed by atoms with van der Waals surface area (Å²) in [6.07, 6.45) is 10.2. The monoisotopic (exact) mass is 493 g/mol. The number of methoxy groups -OCH3 is 1. The number of fused-ring (bicyclic) bond motifs is 1. The quantitative estimate of drug-likeness (QED) is 0.340. The van der Waals surface area contributed by atoms with Crippen molar-refractivity contribution in [2.45, 2.75) is 26.4 Å². The number of allylic oxidation sites excluding steroid dienone is 3. The highest BCUT2D eigenvalue weighted by Crippen LogP contribution is 2.31. The summed E-state index contributed by atoms with van der Waals surface area (Å²) in [5.41, 5.74) is 8.97. The summed E-state index contributed by atoms with van der Waals surface area (Å²) in [6.45, 7) is 2.54. The van der Waals surface area contributed by atoms with Gasteiger partial charge >= 0.3 is 0 Å². The number of benzene rings is 2. The van der Waals surface area contributed by atoms with Crippen molar-refractivity contribution in [2.24, 2.45) is 14.1 Å². The first-order valence-corrected chi connectivity index (χ1v) is 12.4. The second kappa shape index (κ2) is 10.3. The molecule has 4 aromatic rings. The molecule has 0 radical (unpaired) electrons. The smallest absolute Gasteiger partial charge is 0.250 e. The van der Waals surface area contributed by atoms with Crippen molar-refractivity contribution in [3.8, 4) is 22.6 Å². The first-order valence-electron chi connectivity index (χ1n) is 12.4. The molecule has 2 heterocycles. The molecule has 6 nitrogen and oxygen atoms in total. The van der Waals surface area contributed by atoms with Crippen LogP contribution in [0, 0.1) is 0 Å². The minimum atomic E-state index is -0.0426. The van der Waals surface area contributed by atoms with Crippen molar-refractivity contribution in [1.29, 1.82) is 0 Å². The number of rotatable bonds is 6. The van der Waals surface area contributed by atoms with Crippen molar-refractivity contribution in [1.82, 2.24) is 14.3 Å². The van der Waals surface area contributed by atoms with Crippen LogP contribution in [0.25, 0.3) is 22.8 Å². The minimum Gasteiger partial charge on any atom is -0.497 e. The predicted molar refractivity (Wildman–Crippen MR) is 148 cm³/mol. The summed E-state index contributed by atoms with van der Waals surface area (Å²) in [5, 5.41) is 4.58. The molecule has 188 valence electrons. The zero-order valence-corrected chi connectivity index (χ0v) is 21.7. The highest BCUT2D eigenvalue weighted by molar-refractivity contribution is 5.82. The van der Waals surface area contributed by atoms with Gasteiger partial charge in [-0.3, -0.25) is 9.48 Å². The number of ether oxygens (including phenoxy) is 2. The Morgan fingerprint density at radius 1 is 0.892 bits per heavy atom. The highest BCUT2D eigenvalue weighted by atomic mass is 16.5. The third-order valence-corrected chi connectivity index (χ3v) is 6.85. The number of aryl methyl sites for hydroxylation is 3. The fourth-order valence-corrected chi connectivity index (χ4v) is 4.72. The van der Waals surface area contributed by atoms with E-state index in [2.05, 4.69) is 48.4 Å². The van der Waals surface area contributed by atoms with Crippen molar-refractivity contribution >= 4 is 11.6 Å². The van der Waals surface area contributed by atoms with Gasteiger partial charge in [0.25, 0.3) is 0 Å². The van der Waals surface area contributed by atoms with Gasteiger partial charge in [-0.1, -0.05) is 35.9 Å². The van der Waals surface area contributed by atoms with Crippen LogP contribution < -0.4 is 15.0 Å². The van der Waals surface area contributed by atoms with Gasteiger partial charge < -0.3 is 14.0 Å². The molecule has 1 aliphatic carbocycles. The summed E-state index contributed by atoms with van der Waals surface area (Å²) in [4.78, 5) is 11.8. The molecule has 0 unspecified atom stereocenters. The second-order valence-corrected chi connectivity index (χ2v) is 9.44. The van der Waals surface area contributed by atoms with Gasteiger partial charge in [-0.15, -0.1) is 0 Å². The fraction of sp³-hybridized carbons (Fsp3) is 0.226. The Labute approximate surface area is 217 Å². The van der Waals surface area contributed by atoms with Gasteiger partial charge in [0.05, 0.1) is 7.11 Å². The van der Waals surface area contributed by atoms with Gasteiger partial charge in [0.15, 0.2) is 0 Å². The Morgan fingerprint density at radius 2 is 1.65 bits per heavy atom. The summed E-state index contributed by atoms with van der Waals surface area (Å²) < 4.78 is 14.9. The third kappa shape index (κ3) is 5.28. The van der Waals surface area contributed by atoms with E-state index >= 15 is 0 Å². The van der Waals surface area contributed by atoms with E-state index in [-0.39, 0.29) is 5.56 Å². The molecule has 0 spiro atoms. The van der Waals surface area contributed by atoms with Crippen LogP contribution in [0.1, 0.15) is 35.7 Å². The number of hydrogen-bond acceptors (Lipinski definition) is 4. The molecule has 0 atom stereocenters. The van der Waals surface area contributed by atoms with Gasteiger partial charge in [0, 0.05) is 43.7 Å². The molecule has 1 aliphatic rings. The Balaban J connectivity index is 1.33. The Hall–Kier alpha value is -4.32. The molecule has 2 aromatic heterocycles. The van der Waals surface area contributed by atoms with Crippen LogP contribution in [0.5, 0.6) is 11.5 Å². The average Bonchev–Trinajstić information content (AvgIpc) is 3.28. The van der Waals surface area contributed by atoms with Crippen LogP contribution >= 0.6 is 0 Å². The van der Waals surface area contributed by atoms with Gasteiger partial charge in [-0.25, -0.2) is 0 Å². The van der Waals surface area contributed by atoms with E-state index in [1.807, 2.05) is 43.7 Å². The lowest BCUT2D eigenvalue weighted by Crippen LogP contribution is -2.14. The molecule has 0 N–H and O–H groups in total. The number of pyridine rings is 1. The molecule has 0 saturated carbocycles. The molecule has 5 rings (SSSR count). The van der Waals surface area contributed by atoms with Crippen LogP contribution in [0.15, 0.2) is 83.4 Å². The van der Waals surface area contributed by atoms with Gasteiger partial charge in [-0.05, 0) is 72.4 Å². The van der Waals surface area contributed by atoms with Gasteiger partial charge in [0.2, 0.25) is 5.56 Å². The number of hydrogen-bond donors (Lipinski definition) is 0. The Morgan fingerprint density at radius 3 is 2.41 bits per heavy atom. The van der Waals surface area contributed by atoms with Crippen LogP contribution in [0.4, 0.5) is 0 Å². The van der Waals surface area contributed by atoms with Crippen molar-refractivity contribution < 1.29 is 9.47 Å². The highest BCUT2D eigenvalue weighted by Gasteiger charge is 2.13. The topological polar surface area (TPSA) is 58.3 Å². The van der Waals surface area contributed by atoms with Crippen LogP contribution in [0.3, 0.4) is 0 Å². The molecule has 0 bridgehead atoms. The molecular formula is C31H31N3O3. The van der Waals surface area contributed by atoms with E-state index in [4.69, 9.17) is 9.47 Å². The second-order valence-electron chi connectivity index (χ2n) is 9.44. The third-order valence-electron chi connectivity index (χ3n) is 6.85. The number of nitrogens with zero attached hydrogens (tertiary/aromatic N) is 3. The zero-order chi connectivity index (χ0) is 25.9. The number of aromatic nitrogens is 3. The average molecular weight is 494 g/mol. The maximum Gasteiger partial charge on any atom is 0.250 e. The van der Waals surface area contributed by atoms with E-state index in [1.165, 1.54) is 22.3 Å². The molecule has 0 fully saturated rings. The lowest BCUT2D eigenvalue weighted by molar-refractivity contribution is 0.300. The Bertz CT molecular complexity index is 1560. The SMILES string of the molecule is COc1ccc2c(c1)/C=C\C(c1ccc(OCc3nn(C)cc3-c3ccc(=O)n(C)c3)cc1)=C(/C)CC2. The minimum absolute atomic E-state index is 0.0426. The van der Waals surface area contributed by atoms with Gasteiger partial charge in [0.1, 0.15) is 23.8 Å². The summed E-state index contributed by atoms with van der Waals surface area (Å²) in [7, 11) is 5.34. The molecule has 6 heteroatoms. The zero-order valence-electron chi connectivity index (χ0n) is 21.7. The van der Waals surface area contributed by atoms with Crippen molar-refractivity contribution in [3.05, 3.63) is 111 Å². The van der Waals surface area contributed by atoms with E-state index in [9.17, 15) is 4.79 Å². The van der Waals surface area contributed by atoms with E-state index in [0.29, 0.717) is 6.61 Å². The summed E-state index contributed by atoms with van der Waals surface area (Å²) >= 11 is 0. The molecule has 2 aromatic carbocycles. The molecule has 0 aliphatic heterocycles. The van der Waals surface area contributed by atoms with E-state index in [1.54, 1.807) is 29.5 Å². The molecule has 0 saturated heterocycles. The predicted octanol–water partition coefficient (Wildman–Crippen LogP) is 5.81. The van der Waals surface area contributed by atoms with Crippen molar-refractivity contribution in [3.63, 3.8) is 0 Å². The first-order chi connectivity index (χ1) is 17.9. The first kappa shape index (κ1) is 24.4. The summed E-state index contributed by atoms with van der Waals surface area (Å²) in [5.74, 6) is 1.66. The van der Waals surface area contributed by atoms with Gasteiger partial charge in [-0.2, -0.15) is 5.10 Å². The maximum absolute atomic E-state index is 11.8.